The van der Waals surface area contributed by atoms with Gasteiger partial charge in [-0.15, -0.1) is 0 Å². The van der Waals surface area contributed by atoms with Gasteiger partial charge in [-0.25, -0.2) is 0 Å². The molecular weight excluding hydrogens is 216 g/mol. The van der Waals surface area contributed by atoms with Crippen LogP contribution in [0.4, 0.5) is 0 Å². The van der Waals surface area contributed by atoms with Crippen molar-refractivity contribution >= 4 is 5.97 Å². The number of nitrogens with zero attached hydrogens (tertiary/aromatic N) is 2. The quantitative estimate of drug-likeness (QED) is 0.872. The third-order valence-electron chi connectivity index (χ3n) is 3.99. The van der Waals surface area contributed by atoms with Crippen LogP contribution in [0.15, 0.2) is 0 Å². The maximum Gasteiger partial charge on any atom is 0.303 e. The van der Waals surface area contributed by atoms with Crippen LogP contribution in [0.2, 0.25) is 0 Å². The highest BCUT2D eigenvalue weighted by Crippen LogP contribution is 2.46. The average molecular weight is 234 g/mol. The van der Waals surface area contributed by atoms with Crippen LogP contribution in [0, 0.1) is 0 Å². The van der Waals surface area contributed by atoms with E-state index in [0.717, 1.165) is 19.3 Å². The summed E-state index contributed by atoms with van der Waals surface area (Å²) in [5.74, 6) is 0.119. The molecule has 1 aromatic heterocycles. The molecule has 1 atom stereocenters. The van der Waals surface area contributed by atoms with Crippen LogP contribution in [-0.2, 0) is 18.3 Å². The van der Waals surface area contributed by atoms with Crippen molar-refractivity contribution in [3.63, 3.8) is 0 Å². The van der Waals surface area contributed by atoms with E-state index in [1.165, 1.54) is 29.8 Å². The predicted octanol–water partition coefficient (Wildman–Crippen LogP) is 2.19. The van der Waals surface area contributed by atoms with Crippen LogP contribution in [0.1, 0.15) is 60.9 Å². The summed E-state index contributed by atoms with van der Waals surface area (Å²) in [6, 6.07) is 0. The number of carboxylic acids is 1. The Morgan fingerprint density at radius 1 is 1.47 bits per heavy atom. The zero-order valence-corrected chi connectivity index (χ0v) is 10.1. The van der Waals surface area contributed by atoms with Crippen molar-refractivity contribution < 1.29 is 9.90 Å². The molecule has 1 saturated carbocycles. The number of hydrogen-bond donors (Lipinski definition) is 1. The summed E-state index contributed by atoms with van der Waals surface area (Å²) in [6.45, 7) is 0. The first-order chi connectivity index (χ1) is 8.16. The first-order valence-corrected chi connectivity index (χ1v) is 6.44. The van der Waals surface area contributed by atoms with E-state index in [0.29, 0.717) is 5.92 Å². The molecule has 17 heavy (non-hydrogen) atoms. The van der Waals surface area contributed by atoms with Crippen molar-refractivity contribution in [2.75, 3.05) is 0 Å². The van der Waals surface area contributed by atoms with Crippen LogP contribution in [0.5, 0.6) is 0 Å². The monoisotopic (exact) mass is 234 g/mol. The van der Waals surface area contributed by atoms with Crippen LogP contribution in [0.3, 0.4) is 0 Å². The van der Waals surface area contributed by atoms with Gasteiger partial charge in [-0.05, 0) is 38.0 Å². The third-order valence-corrected chi connectivity index (χ3v) is 3.99. The summed E-state index contributed by atoms with van der Waals surface area (Å²) in [5.41, 5.74) is 3.77. The fourth-order valence-electron chi connectivity index (χ4n) is 3.07. The second-order valence-corrected chi connectivity index (χ2v) is 5.33. The standard InChI is InChI=1S/C13H18N2O2/c1-15-10-4-2-3-9(7-11(16)17)12(10)13(14-15)8-5-6-8/h8-9H,2-7H2,1H3,(H,16,17). The Hall–Kier alpha value is -1.32. The summed E-state index contributed by atoms with van der Waals surface area (Å²) in [4.78, 5) is 11.0. The van der Waals surface area contributed by atoms with E-state index in [1.54, 1.807) is 0 Å². The molecule has 0 aliphatic heterocycles. The first kappa shape index (κ1) is 10.8. The molecule has 1 heterocycles. The zero-order chi connectivity index (χ0) is 12.0. The van der Waals surface area contributed by atoms with E-state index >= 15 is 0 Å². The molecule has 0 radical (unpaired) electrons. The number of aromatic nitrogens is 2. The van der Waals surface area contributed by atoms with E-state index in [9.17, 15) is 4.79 Å². The minimum atomic E-state index is -0.687. The smallest absolute Gasteiger partial charge is 0.303 e. The molecule has 4 nitrogen and oxygen atoms in total. The van der Waals surface area contributed by atoms with Gasteiger partial charge in [0.15, 0.2) is 0 Å². The normalized spacial score (nSPS) is 23.5. The van der Waals surface area contributed by atoms with E-state index in [1.807, 2.05) is 11.7 Å². The zero-order valence-electron chi connectivity index (χ0n) is 10.1. The summed E-state index contributed by atoms with van der Waals surface area (Å²) in [6.07, 6.45) is 5.87. The highest BCUT2D eigenvalue weighted by Gasteiger charge is 2.36. The van der Waals surface area contributed by atoms with Crippen molar-refractivity contribution in [2.45, 2.75) is 50.4 Å². The molecule has 4 heteroatoms. The topological polar surface area (TPSA) is 55.1 Å². The van der Waals surface area contributed by atoms with E-state index in [2.05, 4.69) is 5.10 Å². The van der Waals surface area contributed by atoms with Crippen LogP contribution < -0.4 is 0 Å². The number of carbonyl (C=O) groups is 1. The molecule has 0 amide bonds. The molecule has 0 spiro atoms. The third kappa shape index (κ3) is 1.85. The largest absolute Gasteiger partial charge is 0.481 e. The molecule has 92 valence electrons. The lowest BCUT2D eigenvalue weighted by Gasteiger charge is -2.22. The van der Waals surface area contributed by atoms with Crippen molar-refractivity contribution in [1.82, 2.24) is 9.78 Å². The lowest BCUT2D eigenvalue weighted by Crippen LogP contribution is -2.15. The Morgan fingerprint density at radius 3 is 2.88 bits per heavy atom. The van der Waals surface area contributed by atoms with Crippen molar-refractivity contribution in [3.05, 3.63) is 17.0 Å². The highest BCUT2D eigenvalue weighted by molar-refractivity contribution is 5.68. The molecule has 1 unspecified atom stereocenters. The highest BCUT2D eigenvalue weighted by atomic mass is 16.4. The fourth-order valence-corrected chi connectivity index (χ4v) is 3.07. The number of rotatable bonds is 3. The van der Waals surface area contributed by atoms with Crippen molar-refractivity contribution in [2.24, 2.45) is 7.05 Å². The molecule has 3 rings (SSSR count). The van der Waals surface area contributed by atoms with Gasteiger partial charge >= 0.3 is 5.97 Å². The molecule has 1 fully saturated rings. The SMILES string of the molecule is Cn1nc(C2CC2)c2c1CCCC2CC(=O)O. The maximum absolute atomic E-state index is 11.0. The first-order valence-electron chi connectivity index (χ1n) is 6.44. The van der Waals surface area contributed by atoms with Gasteiger partial charge < -0.3 is 5.11 Å². The summed E-state index contributed by atoms with van der Waals surface area (Å²) in [5, 5.41) is 13.7. The number of aliphatic carboxylic acids is 1. The second kappa shape index (κ2) is 3.86. The van der Waals surface area contributed by atoms with E-state index < -0.39 is 5.97 Å². The number of hydrogen-bond acceptors (Lipinski definition) is 2. The van der Waals surface area contributed by atoms with Gasteiger partial charge in [0.2, 0.25) is 0 Å². The average Bonchev–Trinajstić information content (AvgIpc) is 3.05. The van der Waals surface area contributed by atoms with Gasteiger partial charge in [0.1, 0.15) is 0 Å². The molecule has 1 N–H and O–H groups in total. The van der Waals surface area contributed by atoms with Crippen molar-refractivity contribution in [3.8, 4) is 0 Å². The lowest BCUT2D eigenvalue weighted by atomic mass is 9.82. The Bertz CT molecular complexity index is 460. The van der Waals surface area contributed by atoms with E-state index in [4.69, 9.17) is 5.11 Å². The van der Waals surface area contributed by atoms with Crippen LogP contribution in [-0.4, -0.2) is 20.9 Å². The van der Waals surface area contributed by atoms with Gasteiger partial charge in [-0.2, -0.15) is 5.10 Å². The molecule has 2 aliphatic carbocycles. The van der Waals surface area contributed by atoms with Gasteiger partial charge in [0.05, 0.1) is 12.1 Å². The summed E-state index contributed by atoms with van der Waals surface area (Å²) in [7, 11) is 1.99. The minimum Gasteiger partial charge on any atom is -0.481 e. The van der Waals surface area contributed by atoms with Crippen LogP contribution in [0.25, 0.3) is 0 Å². The molecule has 1 aromatic rings. The molecule has 0 aromatic carbocycles. The second-order valence-electron chi connectivity index (χ2n) is 5.33. The number of carboxylic acid groups (broad SMARTS) is 1. The van der Waals surface area contributed by atoms with Crippen molar-refractivity contribution in [1.29, 1.82) is 0 Å². The number of fused-ring (bicyclic) bond motifs is 1. The summed E-state index contributed by atoms with van der Waals surface area (Å²) >= 11 is 0. The Balaban J connectivity index is 2.01. The van der Waals surface area contributed by atoms with Gasteiger partial charge in [-0.3, -0.25) is 9.48 Å². The van der Waals surface area contributed by atoms with Gasteiger partial charge in [0.25, 0.3) is 0 Å². The minimum absolute atomic E-state index is 0.195. The molecule has 2 aliphatic rings. The van der Waals surface area contributed by atoms with E-state index in [-0.39, 0.29) is 12.3 Å². The number of aryl methyl sites for hydroxylation is 1. The fraction of sp³-hybridized carbons (Fsp3) is 0.692. The Labute approximate surface area is 101 Å². The van der Waals surface area contributed by atoms with Gasteiger partial charge in [-0.1, -0.05) is 0 Å². The van der Waals surface area contributed by atoms with Crippen LogP contribution >= 0.6 is 0 Å². The predicted molar refractivity (Wildman–Crippen MR) is 63.1 cm³/mol. The molecular formula is C13H18N2O2. The lowest BCUT2D eigenvalue weighted by molar-refractivity contribution is -0.137. The van der Waals surface area contributed by atoms with Gasteiger partial charge in [0, 0.05) is 24.2 Å². The molecule has 0 bridgehead atoms. The Morgan fingerprint density at radius 2 is 2.24 bits per heavy atom. The maximum atomic E-state index is 11.0. The summed E-state index contributed by atoms with van der Waals surface area (Å²) < 4.78 is 1.98. The molecule has 0 saturated heterocycles. The Kier molecular flexibility index (Phi) is 2.45.